The lowest BCUT2D eigenvalue weighted by molar-refractivity contribution is -0.113. The van der Waals surface area contributed by atoms with Crippen LogP contribution in [0.2, 0.25) is 0 Å². The van der Waals surface area contributed by atoms with Gasteiger partial charge >= 0.3 is 0 Å². The Kier molecular flexibility index (Phi) is 7.81. The van der Waals surface area contributed by atoms with Crippen LogP contribution in [0.1, 0.15) is 40.0 Å². The maximum Gasteiger partial charge on any atom is 0.157 e. The van der Waals surface area contributed by atoms with Crippen molar-refractivity contribution >= 4 is 0 Å². The van der Waals surface area contributed by atoms with E-state index in [0.717, 1.165) is 12.8 Å². The van der Waals surface area contributed by atoms with Gasteiger partial charge in [0.1, 0.15) is 0 Å². The van der Waals surface area contributed by atoms with Gasteiger partial charge in [-0.15, -0.1) is 0 Å². The molecule has 0 saturated carbocycles. The quantitative estimate of drug-likeness (QED) is 0.463. The van der Waals surface area contributed by atoms with Gasteiger partial charge in [-0.3, -0.25) is 0 Å². The minimum absolute atomic E-state index is 0.0447. The summed E-state index contributed by atoms with van der Waals surface area (Å²) in [5.74, 6) is 0.649. The van der Waals surface area contributed by atoms with Gasteiger partial charge in [0, 0.05) is 20.6 Å². The van der Waals surface area contributed by atoms with Crippen molar-refractivity contribution < 1.29 is 9.47 Å². The third kappa shape index (κ3) is 7.10. The van der Waals surface area contributed by atoms with E-state index in [1.54, 1.807) is 14.2 Å². The van der Waals surface area contributed by atoms with Crippen molar-refractivity contribution in [1.29, 1.82) is 0 Å². The van der Waals surface area contributed by atoms with Gasteiger partial charge in [0.05, 0.1) is 0 Å². The van der Waals surface area contributed by atoms with E-state index in [4.69, 9.17) is 9.47 Å². The van der Waals surface area contributed by atoms with Crippen molar-refractivity contribution in [3.05, 3.63) is 11.6 Å². The monoisotopic (exact) mass is 200 g/mol. The first-order chi connectivity index (χ1) is 6.60. The van der Waals surface area contributed by atoms with Gasteiger partial charge in [-0.05, 0) is 32.6 Å². The molecule has 0 aromatic heterocycles. The first-order valence-corrected chi connectivity index (χ1v) is 5.29. The highest BCUT2D eigenvalue weighted by Crippen LogP contribution is 2.15. The highest BCUT2D eigenvalue weighted by molar-refractivity contribution is 4.92. The molecule has 0 amide bonds. The molecule has 0 bridgehead atoms. The van der Waals surface area contributed by atoms with Crippen molar-refractivity contribution in [2.45, 2.75) is 46.3 Å². The number of rotatable bonds is 7. The second-order valence-electron chi connectivity index (χ2n) is 4.10. The third-order valence-corrected chi connectivity index (χ3v) is 2.33. The molecule has 0 aromatic carbocycles. The topological polar surface area (TPSA) is 18.5 Å². The van der Waals surface area contributed by atoms with E-state index in [0.29, 0.717) is 5.92 Å². The molecule has 0 N–H and O–H groups in total. The third-order valence-electron chi connectivity index (χ3n) is 2.33. The lowest BCUT2D eigenvalue weighted by Gasteiger charge is -2.17. The molecule has 14 heavy (non-hydrogen) atoms. The van der Waals surface area contributed by atoms with Gasteiger partial charge < -0.3 is 9.47 Å². The van der Waals surface area contributed by atoms with Crippen LogP contribution < -0.4 is 0 Å². The van der Waals surface area contributed by atoms with Crippen molar-refractivity contribution in [2.24, 2.45) is 5.92 Å². The minimum Gasteiger partial charge on any atom is -0.356 e. The van der Waals surface area contributed by atoms with Crippen LogP contribution in [0, 0.1) is 5.92 Å². The molecule has 1 unspecified atom stereocenters. The summed E-state index contributed by atoms with van der Waals surface area (Å²) in [5.41, 5.74) is 1.40. The zero-order valence-electron chi connectivity index (χ0n) is 10.2. The Morgan fingerprint density at radius 2 is 1.79 bits per heavy atom. The molecule has 2 nitrogen and oxygen atoms in total. The molecule has 0 aliphatic heterocycles. The molecule has 0 fully saturated rings. The first-order valence-electron chi connectivity index (χ1n) is 5.29. The average molecular weight is 200 g/mol. The second-order valence-corrected chi connectivity index (χ2v) is 4.10. The second kappa shape index (κ2) is 8.01. The smallest absolute Gasteiger partial charge is 0.157 e. The largest absolute Gasteiger partial charge is 0.356 e. The van der Waals surface area contributed by atoms with Crippen LogP contribution in [-0.2, 0) is 9.47 Å². The number of hydrogen-bond acceptors (Lipinski definition) is 2. The Hall–Kier alpha value is -0.340. The van der Waals surface area contributed by atoms with Gasteiger partial charge in [-0.2, -0.15) is 0 Å². The molecule has 0 heterocycles. The summed E-state index contributed by atoms with van der Waals surface area (Å²) < 4.78 is 10.3. The fourth-order valence-corrected chi connectivity index (χ4v) is 1.39. The van der Waals surface area contributed by atoms with E-state index in [1.807, 2.05) is 0 Å². The van der Waals surface area contributed by atoms with E-state index in [2.05, 4.69) is 26.8 Å². The van der Waals surface area contributed by atoms with E-state index in [-0.39, 0.29) is 6.29 Å². The van der Waals surface area contributed by atoms with Crippen LogP contribution in [0.25, 0.3) is 0 Å². The molecule has 0 saturated heterocycles. The normalized spacial score (nSPS) is 13.0. The number of ether oxygens (including phenoxy) is 2. The summed E-state index contributed by atoms with van der Waals surface area (Å²) >= 11 is 0. The van der Waals surface area contributed by atoms with E-state index in [1.165, 1.54) is 12.0 Å². The zero-order valence-corrected chi connectivity index (χ0v) is 10.2. The summed E-state index contributed by atoms with van der Waals surface area (Å²) in [6, 6.07) is 0. The van der Waals surface area contributed by atoms with Crippen LogP contribution in [0.5, 0.6) is 0 Å². The number of hydrogen-bond donors (Lipinski definition) is 0. The SMILES string of the molecule is COC(CC(C)CCC=C(C)C)OC. The highest BCUT2D eigenvalue weighted by Gasteiger charge is 2.10. The molecular weight excluding hydrogens is 176 g/mol. The average Bonchev–Trinajstić information content (AvgIpc) is 2.13. The van der Waals surface area contributed by atoms with Crippen LogP contribution >= 0.6 is 0 Å². The molecule has 0 rings (SSSR count). The summed E-state index contributed by atoms with van der Waals surface area (Å²) in [5, 5.41) is 0. The standard InChI is InChI=1S/C12H24O2/c1-10(2)7-6-8-11(3)9-12(13-4)14-5/h7,11-12H,6,8-9H2,1-5H3. The van der Waals surface area contributed by atoms with E-state index in [9.17, 15) is 0 Å². The van der Waals surface area contributed by atoms with Gasteiger partial charge in [-0.1, -0.05) is 18.6 Å². The van der Waals surface area contributed by atoms with Gasteiger partial charge in [0.2, 0.25) is 0 Å². The van der Waals surface area contributed by atoms with Gasteiger partial charge in [0.15, 0.2) is 6.29 Å². The zero-order chi connectivity index (χ0) is 11.0. The molecule has 0 radical (unpaired) electrons. The lowest BCUT2D eigenvalue weighted by atomic mass is 10.0. The fourth-order valence-electron chi connectivity index (χ4n) is 1.39. The molecule has 2 heteroatoms. The van der Waals surface area contributed by atoms with Crippen LogP contribution in [0.3, 0.4) is 0 Å². The summed E-state index contributed by atoms with van der Waals surface area (Å²) in [4.78, 5) is 0. The number of allylic oxidation sites excluding steroid dienone is 2. The Balaban J connectivity index is 3.63. The lowest BCUT2D eigenvalue weighted by Crippen LogP contribution is -2.16. The molecule has 0 aliphatic carbocycles. The number of methoxy groups -OCH3 is 2. The molecular formula is C12H24O2. The van der Waals surface area contributed by atoms with Gasteiger partial charge in [0.25, 0.3) is 0 Å². The Labute approximate surface area is 88.3 Å². The van der Waals surface area contributed by atoms with Crippen molar-refractivity contribution in [3.8, 4) is 0 Å². The van der Waals surface area contributed by atoms with Crippen LogP contribution in [0.15, 0.2) is 11.6 Å². The van der Waals surface area contributed by atoms with E-state index >= 15 is 0 Å². The summed E-state index contributed by atoms with van der Waals surface area (Å²) in [6.07, 6.45) is 5.57. The maximum absolute atomic E-state index is 5.16. The summed E-state index contributed by atoms with van der Waals surface area (Å²) in [6.45, 7) is 6.51. The highest BCUT2D eigenvalue weighted by atomic mass is 16.7. The Morgan fingerprint density at radius 3 is 2.21 bits per heavy atom. The Bertz CT molecular complexity index is 156. The Morgan fingerprint density at radius 1 is 1.21 bits per heavy atom. The van der Waals surface area contributed by atoms with Crippen LogP contribution in [0.4, 0.5) is 0 Å². The van der Waals surface area contributed by atoms with Crippen molar-refractivity contribution in [1.82, 2.24) is 0 Å². The molecule has 84 valence electrons. The van der Waals surface area contributed by atoms with Crippen molar-refractivity contribution in [2.75, 3.05) is 14.2 Å². The first kappa shape index (κ1) is 13.7. The molecule has 0 aliphatic rings. The molecule has 0 spiro atoms. The van der Waals surface area contributed by atoms with E-state index < -0.39 is 0 Å². The minimum atomic E-state index is -0.0447. The predicted octanol–water partition coefficient (Wildman–Crippen LogP) is 3.38. The van der Waals surface area contributed by atoms with Crippen molar-refractivity contribution in [3.63, 3.8) is 0 Å². The maximum atomic E-state index is 5.16. The molecule has 1 atom stereocenters. The van der Waals surface area contributed by atoms with Crippen LogP contribution in [-0.4, -0.2) is 20.5 Å². The molecule has 0 aromatic rings. The predicted molar refractivity (Wildman–Crippen MR) is 60.3 cm³/mol. The fraction of sp³-hybridized carbons (Fsp3) is 0.833. The van der Waals surface area contributed by atoms with Gasteiger partial charge in [-0.25, -0.2) is 0 Å². The summed E-state index contributed by atoms with van der Waals surface area (Å²) in [7, 11) is 3.38.